The highest BCUT2D eigenvalue weighted by Crippen LogP contribution is 2.42. The third kappa shape index (κ3) is 2.87. The number of para-hydroxylation sites is 2. The fraction of sp³-hybridized carbons (Fsp3) is 0.300. The molecule has 3 rings (SSSR count). The molecular formula is C20H22N2O4. The number of aromatic nitrogens is 1. The highest BCUT2D eigenvalue weighted by molar-refractivity contribution is 5.86. The molecule has 0 aliphatic carbocycles. The molecule has 0 fully saturated rings. The average molecular weight is 354 g/mol. The molecule has 0 spiro atoms. The SMILES string of the molecule is COc1cccc(C(C[N+](=O)[O-])c2c(C)n(C)c3ccccc23)c1OC. The summed E-state index contributed by atoms with van der Waals surface area (Å²) in [6.07, 6.45) is 0. The van der Waals surface area contributed by atoms with Gasteiger partial charge in [-0.25, -0.2) is 0 Å². The Morgan fingerprint density at radius 2 is 1.85 bits per heavy atom. The maximum Gasteiger partial charge on any atom is 0.214 e. The molecule has 1 unspecified atom stereocenters. The van der Waals surface area contributed by atoms with E-state index in [2.05, 4.69) is 4.57 Å². The van der Waals surface area contributed by atoms with Crippen molar-refractivity contribution in [2.75, 3.05) is 20.8 Å². The number of hydrogen-bond donors (Lipinski definition) is 0. The number of nitrogens with zero attached hydrogens (tertiary/aromatic N) is 2. The van der Waals surface area contributed by atoms with Crippen molar-refractivity contribution in [1.82, 2.24) is 4.57 Å². The average Bonchev–Trinajstić information content (AvgIpc) is 2.90. The van der Waals surface area contributed by atoms with Crippen molar-refractivity contribution in [3.63, 3.8) is 0 Å². The van der Waals surface area contributed by atoms with Gasteiger partial charge >= 0.3 is 0 Å². The van der Waals surface area contributed by atoms with Gasteiger partial charge in [0.15, 0.2) is 11.5 Å². The maximum atomic E-state index is 11.5. The molecule has 1 aromatic heterocycles. The number of hydrogen-bond acceptors (Lipinski definition) is 4. The zero-order chi connectivity index (χ0) is 18.8. The van der Waals surface area contributed by atoms with Gasteiger partial charge < -0.3 is 14.0 Å². The van der Waals surface area contributed by atoms with Crippen LogP contribution < -0.4 is 9.47 Å². The molecule has 0 radical (unpaired) electrons. The monoisotopic (exact) mass is 354 g/mol. The third-order valence-corrected chi connectivity index (χ3v) is 4.94. The van der Waals surface area contributed by atoms with Crippen LogP contribution in [0.3, 0.4) is 0 Å². The predicted molar refractivity (Wildman–Crippen MR) is 101 cm³/mol. The first-order valence-corrected chi connectivity index (χ1v) is 8.36. The van der Waals surface area contributed by atoms with Crippen LogP contribution in [0.5, 0.6) is 11.5 Å². The van der Waals surface area contributed by atoms with E-state index in [9.17, 15) is 10.1 Å². The van der Waals surface area contributed by atoms with Crippen molar-refractivity contribution in [2.24, 2.45) is 7.05 Å². The molecule has 0 aliphatic heterocycles. The summed E-state index contributed by atoms with van der Waals surface area (Å²) < 4.78 is 13.0. The van der Waals surface area contributed by atoms with E-state index in [1.165, 1.54) is 0 Å². The summed E-state index contributed by atoms with van der Waals surface area (Å²) in [4.78, 5) is 11.2. The smallest absolute Gasteiger partial charge is 0.214 e. The van der Waals surface area contributed by atoms with Gasteiger partial charge in [0.25, 0.3) is 0 Å². The van der Waals surface area contributed by atoms with Crippen LogP contribution in [0, 0.1) is 17.0 Å². The fourth-order valence-electron chi connectivity index (χ4n) is 3.67. The lowest BCUT2D eigenvalue weighted by Crippen LogP contribution is -2.16. The quantitative estimate of drug-likeness (QED) is 0.497. The van der Waals surface area contributed by atoms with E-state index in [1.807, 2.05) is 50.4 Å². The molecule has 6 nitrogen and oxygen atoms in total. The van der Waals surface area contributed by atoms with E-state index in [4.69, 9.17) is 9.47 Å². The minimum atomic E-state index is -0.443. The maximum absolute atomic E-state index is 11.5. The first-order chi connectivity index (χ1) is 12.5. The minimum absolute atomic E-state index is 0.224. The number of fused-ring (bicyclic) bond motifs is 1. The molecule has 0 amide bonds. The minimum Gasteiger partial charge on any atom is -0.493 e. The number of benzene rings is 2. The molecule has 0 saturated heterocycles. The van der Waals surface area contributed by atoms with Crippen molar-refractivity contribution in [3.05, 3.63) is 69.4 Å². The van der Waals surface area contributed by atoms with E-state index in [0.717, 1.165) is 27.7 Å². The van der Waals surface area contributed by atoms with Crippen molar-refractivity contribution >= 4 is 10.9 Å². The molecular weight excluding hydrogens is 332 g/mol. The van der Waals surface area contributed by atoms with Crippen LogP contribution in [0.1, 0.15) is 22.7 Å². The van der Waals surface area contributed by atoms with Gasteiger partial charge in [-0.15, -0.1) is 0 Å². The summed E-state index contributed by atoms with van der Waals surface area (Å²) in [6.45, 7) is 1.77. The van der Waals surface area contributed by atoms with E-state index >= 15 is 0 Å². The summed E-state index contributed by atoms with van der Waals surface area (Å²) >= 11 is 0. The molecule has 26 heavy (non-hydrogen) atoms. The van der Waals surface area contributed by atoms with Gasteiger partial charge in [-0.1, -0.05) is 30.3 Å². The van der Waals surface area contributed by atoms with E-state index < -0.39 is 5.92 Å². The largest absolute Gasteiger partial charge is 0.493 e. The fourth-order valence-corrected chi connectivity index (χ4v) is 3.67. The predicted octanol–water partition coefficient (Wildman–Crippen LogP) is 3.91. The van der Waals surface area contributed by atoms with E-state index in [1.54, 1.807) is 20.3 Å². The van der Waals surface area contributed by atoms with Crippen LogP contribution in [0.2, 0.25) is 0 Å². The van der Waals surface area contributed by atoms with E-state index in [-0.39, 0.29) is 11.5 Å². The number of aryl methyl sites for hydroxylation is 1. The van der Waals surface area contributed by atoms with Gasteiger partial charge in [0.2, 0.25) is 6.54 Å². The number of ether oxygens (including phenoxy) is 2. The lowest BCUT2D eigenvalue weighted by molar-refractivity contribution is -0.481. The summed E-state index contributed by atoms with van der Waals surface area (Å²) in [5.74, 6) is 0.659. The topological polar surface area (TPSA) is 66.5 Å². The number of nitro groups is 1. The van der Waals surface area contributed by atoms with Crippen LogP contribution in [0.4, 0.5) is 0 Å². The summed E-state index contributed by atoms with van der Waals surface area (Å²) in [5.41, 5.74) is 3.76. The summed E-state index contributed by atoms with van der Waals surface area (Å²) in [5, 5.41) is 12.5. The Labute approximate surface area is 152 Å². The first kappa shape index (κ1) is 17.8. The first-order valence-electron chi connectivity index (χ1n) is 8.36. The second-order valence-corrected chi connectivity index (χ2v) is 6.23. The van der Waals surface area contributed by atoms with Crippen LogP contribution in [0.15, 0.2) is 42.5 Å². The van der Waals surface area contributed by atoms with Crippen molar-refractivity contribution in [2.45, 2.75) is 12.8 Å². The zero-order valence-corrected chi connectivity index (χ0v) is 15.4. The highest BCUT2D eigenvalue weighted by Gasteiger charge is 2.30. The van der Waals surface area contributed by atoms with Crippen molar-refractivity contribution < 1.29 is 14.4 Å². The van der Waals surface area contributed by atoms with Gasteiger partial charge in [-0.2, -0.15) is 0 Å². The van der Waals surface area contributed by atoms with Crippen LogP contribution in [0.25, 0.3) is 10.9 Å². The van der Waals surface area contributed by atoms with E-state index in [0.29, 0.717) is 11.5 Å². The summed E-state index contributed by atoms with van der Waals surface area (Å²) in [6, 6.07) is 13.5. The van der Waals surface area contributed by atoms with Gasteiger partial charge in [0, 0.05) is 34.1 Å². The zero-order valence-electron chi connectivity index (χ0n) is 15.4. The standard InChI is InChI=1S/C20H22N2O4/c1-13-19(15-8-5-6-10-17(15)21(13)2)16(12-22(23)24)14-9-7-11-18(25-3)20(14)26-4/h5-11,16H,12H2,1-4H3. The second kappa shape index (κ2) is 7.07. The Balaban J connectivity index is 2.31. The van der Waals surface area contributed by atoms with Gasteiger partial charge in [-0.05, 0) is 24.6 Å². The molecule has 0 aliphatic rings. The Bertz CT molecular complexity index is 962. The molecule has 0 N–H and O–H groups in total. The molecule has 1 atom stereocenters. The molecule has 3 aromatic rings. The molecule has 6 heteroatoms. The molecule has 0 saturated carbocycles. The van der Waals surface area contributed by atoms with Gasteiger partial charge in [0.1, 0.15) is 0 Å². The molecule has 136 valence electrons. The Morgan fingerprint density at radius 1 is 1.12 bits per heavy atom. The Morgan fingerprint density at radius 3 is 2.50 bits per heavy atom. The number of methoxy groups -OCH3 is 2. The van der Waals surface area contributed by atoms with Crippen molar-refractivity contribution in [3.8, 4) is 11.5 Å². The van der Waals surface area contributed by atoms with Crippen LogP contribution in [-0.4, -0.2) is 30.3 Å². The molecule has 1 heterocycles. The highest BCUT2D eigenvalue weighted by atomic mass is 16.6. The normalized spacial score (nSPS) is 12.2. The lowest BCUT2D eigenvalue weighted by atomic mass is 9.88. The second-order valence-electron chi connectivity index (χ2n) is 6.23. The van der Waals surface area contributed by atoms with Crippen LogP contribution >= 0.6 is 0 Å². The van der Waals surface area contributed by atoms with Crippen molar-refractivity contribution in [1.29, 1.82) is 0 Å². The Hall–Kier alpha value is -3.02. The van der Waals surface area contributed by atoms with Crippen LogP contribution in [-0.2, 0) is 7.05 Å². The summed E-state index contributed by atoms with van der Waals surface area (Å²) in [7, 11) is 5.10. The lowest BCUT2D eigenvalue weighted by Gasteiger charge is -2.19. The molecule has 2 aromatic carbocycles. The number of rotatable bonds is 6. The Kier molecular flexibility index (Phi) is 4.84. The van der Waals surface area contributed by atoms with Gasteiger partial charge in [-0.3, -0.25) is 10.1 Å². The van der Waals surface area contributed by atoms with Gasteiger partial charge in [0.05, 0.1) is 20.1 Å². The molecule has 0 bridgehead atoms. The third-order valence-electron chi connectivity index (χ3n) is 4.94.